The van der Waals surface area contributed by atoms with Gasteiger partial charge >= 0.3 is 12.0 Å². The van der Waals surface area contributed by atoms with Crippen LogP contribution in [0.3, 0.4) is 0 Å². The molecule has 0 heterocycles. The Morgan fingerprint density at radius 2 is 1.58 bits per heavy atom. The molecule has 0 fully saturated rings. The number of rotatable bonds is 7. The molecule has 2 amide bonds. The van der Waals surface area contributed by atoms with E-state index in [1.807, 2.05) is 30.3 Å². The van der Waals surface area contributed by atoms with Crippen LogP contribution in [0.25, 0.3) is 0 Å². The Morgan fingerprint density at radius 1 is 0.958 bits per heavy atom. The van der Waals surface area contributed by atoms with E-state index in [0.29, 0.717) is 0 Å². The minimum Gasteiger partial charge on any atom is -0.480 e. The predicted octanol–water partition coefficient (Wildman–Crippen LogP) is 2.13. The van der Waals surface area contributed by atoms with E-state index in [0.717, 1.165) is 16.1 Å². The van der Waals surface area contributed by atoms with E-state index in [-0.39, 0.29) is 18.9 Å². The number of amides is 2. The molecule has 0 saturated carbocycles. The summed E-state index contributed by atoms with van der Waals surface area (Å²) in [5, 5.41) is 12.6. The fourth-order valence-electron chi connectivity index (χ4n) is 1.99. The quantitative estimate of drug-likeness (QED) is 0.679. The molecule has 7 heteroatoms. The minimum atomic E-state index is -1.14. The van der Waals surface area contributed by atoms with Crippen LogP contribution in [0.1, 0.15) is 11.1 Å². The van der Waals surface area contributed by atoms with Crippen molar-refractivity contribution in [1.29, 1.82) is 0 Å². The molecule has 0 aliphatic rings. The first-order valence-corrected chi connectivity index (χ1v) is 7.33. The summed E-state index contributed by atoms with van der Waals surface area (Å²) in [6.45, 7) is -0.0118. The molecule has 6 nitrogen and oxygen atoms in total. The van der Waals surface area contributed by atoms with Crippen molar-refractivity contribution >= 4 is 12.0 Å². The van der Waals surface area contributed by atoms with Crippen molar-refractivity contribution < 1.29 is 19.1 Å². The molecule has 2 aromatic carbocycles. The van der Waals surface area contributed by atoms with Crippen molar-refractivity contribution in [2.75, 3.05) is 6.54 Å². The molecule has 0 aliphatic carbocycles. The first kappa shape index (κ1) is 17.4. The number of hydrogen-bond donors (Lipinski definition) is 3. The first-order valence-electron chi connectivity index (χ1n) is 7.33. The fraction of sp³-hybridized carbons (Fsp3) is 0.176. The lowest BCUT2D eigenvalue weighted by Crippen LogP contribution is -2.50. The average Bonchev–Trinajstić information content (AvgIpc) is 2.58. The monoisotopic (exact) mass is 331 g/mol. The second-order valence-corrected chi connectivity index (χ2v) is 5.09. The predicted molar refractivity (Wildman–Crippen MR) is 86.3 cm³/mol. The van der Waals surface area contributed by atoms with Crippen LogP contribution in [0.4, 0.5) is 9.18 Å². The molecule has 0 unspecified atom stereocenters. The molecule has 0 atom stereocenters. The van der Waals surface area contributed by atoms with Gasteiger partial charge in [0.15, 0.2) is 0 Å². The van der Waals surface area contributed by atoms with E-state index in [1.54, 1.807) is 12.1 Å². The largest absolute Gasteiger partial charge is 0.480 e. The fourth-order valence-corrected chi connectivity index (χ4v) is 1.99. The van der Waals surface area contributed by atoms with Gasteiger partial charge in [0.1, 0.15) is 12.4 Å². The number of halogens is 1. The molecule has 2 rings (SSSR count). The van der Waals surface area contributed by atoms with Gasteiger partial charge in [-0.3, -0.25) is 4.79 Å². The Kier molecular flexibility index (Phi) is 6.27. The van der Waals surface area contributed by atoms with Gasteiger partial charge in [-0.15, -0.1) is 0 Å². The molecule has 0 spiro atoms. The van der Waals surface area contributed by atoms with Crippen LogP contribution in [0.5, 0.6) is 0 Å². The van der Waals surface area contributed by atoms with Crippen LogP contribution in [-0.4, -0.2) is 28.7 Å². The molecule has 0 aromatic heterocycles. The molecule has 0 aliphatic heterocycles. The van der Waals surface area contributed by atoms with E-state index in [9.17, 15) is 14.0 Å². The highest BCUT2D eigenvalue weighted by atomic mass is 19.1. The van der Waals surface area contributed by atoms with Crippen molar-refractivity contribution in [3.05, 3.63) is 71.5 Å². The summed E-state index contributed by atoms with van der Waals surface area (Å²) in [5.74, 6) is -1.50. The highest BCUT2D eigenvalue weighted by Gasteiger charge is 2.16. The number of carbonyl (C=O) groups is 2. The minimum absolute atomic E-state index is 0.201. The zero-order chi connectivity index (χ0) is 17.4. The molecule has 0 radical (unpaired) electrons. The summed E-state index contributed by atoms with van der Waals surface area (Å²) in [5.41, 5.74) is 4.37. The van der Waals surface area contributed by atoms with Crippen LogP contribution in [-0.2, 0) is 17.9 Å². The lowest BCUT2D eigenvalue weighted by molar-refractivity contribution is -0.138. The van der Waals surface area contributed by atoms with Crippen molar-refractivity contribution in [2.45, 2.75) is 13.1 Å². The molecule has 0 saturated heterocycles. The Labute approximate surface area is 138 Å². The third kappa shape index (κ3) is 5.69. The maximum absolute atomic E-state index is 12.9. The Morgan fingerprint density at radius 3 is 2.21 bits per heavy atom. The molecule has 126 valence electrons. The van der Waals surface area contributed by atoms with E-state index in [4.69, 9.17) is 5.11 Å². The van der Waals surface area contributed by atoms with Gasteiger partial charge in [-0.25, -0.2) is 19.6 Å². The highest BCUT2D eigenvalue weighted by molar-refractivity contribution is 5.79. The Bertz CT molecular complexity index is 677. The zero-order valence-electron chi connectivity index (χ0n) is 12.9. The lowest BCUT2D eigenvalue weighted by Gasteiger charge is -2.22. The number of carboxylic acid groups (broad SMARTS) is 1. The van der Waals surface area contributed by atoms with Crippen LogP contribution in [0.2, 0.25) is 0 Å². The van der Waals surface area contributed by atoms with Gasteiger partial charge in [-0.2, -0.15) is 0 Å². The number of nitrogens with one attached hydrogen (secondary N) is 2. The molecule has 3 N–H and O–H groups in total. The second-order valence-electron chi connectivity index (χ2n) is 5.09. The third-order valence-electron chi connectivity index (χ3n) is 3.21. The van der Waals surface area contributed by atoms with Crippen LogP contribution in [0, 0.1) is 5.82 Å². The van der Waals surface area contributed by atoms with Crippen LogP contribution >= 0.6 is 0 Å². The number of carboxylic acids is 1. The third-order valence-corrected chi connectivity index (χ3v) is 3.21. The van der Waals surface area contributed by atoms with Crippen LogP contribution in [0.15, 0.2) is 54.6 Å². The molecular formula is C17H18FN3O3. The lowest BCUT2D eigenvalue weighted by atomic mass is 10.2. The summed E-state index contributed by atoms with van der Waals surface area (Å²) in [6.07, 6.45) is 0. The van der Waals surface area contributed by atoms with Crippen molar-refractivity contribution in [3.63, 3.8) is 0 Å². The summed E-state index contributed by atoms with van der Waals surface area (Å²) < 4.78 is 12.9. The topological polar surface area (TPSA) is 81.7 Å². The number of benzene rings is 2. The maximum atomic E-state index is 12.9. The summed E-state index contributed by atoms with van der Waals surface area (Å²) in [7, 11) is 0. The van der Waals surface area contributed by atoms with Gasteiger partial charge < -0.3 is 10.4 Å². The Balaban J connectivity index is 1.92. The van der Waals surface area contributed by atoms with Gasteiger partial charge in [0, 0.05) is 13.1 Å². The van der Waals surface area contributed by atoms with Gasteiger partial charge in [0.05, 0.1) is 0 Å². The number of hydrazine groups is 1. The SMILES string of the molecule is O=C(O)CN(NCc1ccc(F)cc1)C(=O)NCc1ccccc1. The Hall–Kier alpha value is -2.93. The smallest absolute Gasteiger partial charge is 0.332 e. The zero-order valence-corrected chi connectivity index (χ0v) is 12.9. The standard InChI is InChI=1S/C17H18FN3O3/c18-15-8-6-14(7-9-15)11-20-21(12-16(22)23)17(24)19-10-13-4-2-1-3-5-13/h1-9,20H,10-12H2,(H,19,24)(H,22,23). The molecule has 0 bridgehead atoms. The number of hydrogen-bond acceptors (Lipinski definition) is 3. The van der Waals surface area contributed by atoms with Gasteiger partial charge in [0.25, 0.3) is 0 Å². The van der Waals surface area contributed by atoms with Gasteiger partial charge in [-0.1, -0.05) is 42.5 Å². The van der Waals surface area contributed by atoms with Gasteiger partial charge in [0.2, 0.25) is 0 Å². The van der Waals surface area contributed by atoms with Crippen molar-refractivity contribution in [1.82, 2.24) is 15.8 Å². The molecule has 24 heavy (non-hydrogen) atoms. The highest BCUT2D eigenvalue weighted by Crippen LogP contribution is 2.03. The van der Waals surface area contributed by atoms with Crippen molar-refractivity contribution in [3.8, 4) is 0 Å². The normalized spacial score (nSPS) is 10.2. The summed E-state index contributed by atoms with van der Waals surface area (Å²) >= 11 is 0. The number of urea groups is 1. The first-order chi connectivity index (χ1) is 11.5. The van der Waals surface area contributed by atoms with Gasteiger partial charge in [-0.05, 0) is 23.3 Å². The van der Waals surface area contributed by atoms with E-state index in [1.165, 1.54) is 12.1 Å². The molecular weight excluding hydrogens is 313 g/mol. The van der Waals surface area contributed by atoms with E-state index >= 15 is 0 Å². The van der Waals surface area contributed by atoms with Crippen LogP contribution < -0.4 is 10.7 Å². The average molecular weight is 331 g/mol. The maximum Gasteiger partial charge on any atom is 0.332 e. The summed E-state index contributed by atoms with van der Waals surface area (Å²) in [6, 6.07) is 14.4. The number of aliphatic carboxylic acids is 1. The van der Waals surface area contributed by atoms with Crippen molar-refractivity contribution in [2.24, 2.45) is 0 Å². The number of nitrogens with zero attached hydrogens (tertiary/aromatic N) is 1. The number of carbonyl (C=O) groups excluding carboxylic acids is 1. The molecule has 2 aromatic rings. The summed E-state index contributed by atoms with van der Waals surface area (Å²) in [4.78, 5) is 23.1. The van der Waals surface area contributed by atoms with E-state index in [2.05, 4.69) is 10.7 Å². The second kappa shape index (κ2) is 8.64. The van der Waals surface area contributed by atoms with E-state index < -0.39 is 18.5 Å².